The van der Waals surface area contributed by atoms with Crippen LogP contribution in [0.15, 0.2) is 0 Å². The molecule has 1 rings (SSSR count). The van der Waals surface area contributed by atoms with Gasteiger partial charge in [-0.25, -0.2) is 0 Å². The largest absolute Gasteiger partial charge is 0.380 e. The lowest BCUT2D eigenvalue weighted by Crippen LogP contribution is -2.43. The van der Waals surface area contributed by atoms with Gasteiger partial charge < -0.3 is 10.1 Å². The van der Waals surface area contributed by atoms with E-state index in [-0.39, 0.29) is 0 Å². The van der Waals surface area contributed by atoms with E-state index in [0.717, 1.165) is 6.54 Å². The van der Waals surface area contributed by atoms with E-state index < -0.39 is 0 Å². The first-order valence-electron chi connectivity index (χ1n) is 5.13. The molecule has 1 fully saturated rings. The topological polar surface area (TPSA) is 21.3 Å². The lowest BCUT2D eigenvalue weighted by atomic mass is 9.92. The minimum atomic E-state index is 0.454. The third kappa shape index (κ3) is 3.88. The van der Waals surface area contributed by atoms with Crippen LogP contribution in [0.2, 0.25) is 0 Å². The summed E-state index contributed by atoms with van der Waals surface area (Å²) in [4.78, 5) is 0. The molecule has 2 nitrogen and oxygen atoms in total. The Morgan fingerprint density at radius 3 is 2.85 bits per heavy atom. The molecule has 0 heterocycles. The molecule has 0 radical (unpaired) electrons. The zero-order valence-electron chi connectivity index (χ0n) is 8.71. The van der Waals surface area contributed by atoms with Crippen molar-refractivity contribution < 1.29 is 4.74 Å². The molecule has 0 aromatic carbocycles. The van der Waals surface area contributed by atoms with Gasteiger partial charge in [-0.15, -0.1) is 0 Å². The number of rotatable bonds is 5. The van der Waals surface area contributed by atoms with Gasteiger partial charge in [-0.3, -0.25) is 0 Å². The maximum Gasteiger partial charge on any atom is 0.0724 e. The van der Waals surface area contributed by atoms with Crippen molar-refractivity contribution in [3.63, 3.8) is 0 Å². The van der Waals surface area contributed by atoms with Crippen LogP contribution in [-0.4, -0.2) is 37.8 Å². The van der Waals surface area contributed by atoms with Gasteiger partial charge in [0.25, 0.3) is 0 Å². The van der Waals surface area contributed by atoms with Crippen LogP contribution in [0.1, 0.15) is 25.7 Å². The number of hydrogen-bond acceptors (Lipinski definition) is 3. The van der Waals surface area contributed by atoms with E-state index in [1.54, 1.807) is 0 Å². The van der Waals surface area contributed by atoms with Crippen LogP contribution >= 0.6 is 11.8 Å². The van der Waals surface area contributed by atoms with Crippen LogP contribution < -0.4 is 5.32 Å². The highest BCUT2D eigenvalue weighted by atomic mass is 32.2. The van der Waals surface area contributed by atoms with Gasteiger partial charge in [0, 0.05) is 25.4 Å². The maximum absolute atomic E-state index is 5.47. The third-order valence-corrected chi connectivity index (χ3v) is 3.33. The summed E-state index contributed by atoms with van der Waals surface area (Å²) < 4.78 is 5.47. The zero-order valence-corrected chi connectivity index (χ0v) is 9.53. The van der Waals surface area contributed by atoms with E-state index in [4.69, 9.17) is 4.74 Å². The van der Waals surface area contributed by atoms with Crippen molar-refractivity contribution >= 4 is 11.8 Å². The Morgan fingerprint density at radius 2 is 2.15 bits per heavy atom. The van der Waals surface area contributed by atoms with E-state index in [2.05, 4.69) is 11.6 Å². The fourth-order valence-corrected chi connectivity index (χ4v) is 2.28. The van der Waals surface area contributed by atoms with Crippen LogP contribution in [0.3, 0.4) is 0 Å². The van der Waals surface area contributed by atoms with Gasteiger partial charge in [0.15, 0.2) is 0 Å². The highest BCUT2D eigenvalue weighted by Gasteiger charge is 2.23. The van der Waals surface area contributed by atoms with Crippen molar-refractivity contribution in [2.75, 3.05) is 25.7 Å². The normalized spacial score (nSPS) is 29.1. The van der Waals surface area contributed by atoms with Crippen LogP contribution in [0.4, 0.5) is 0 Å². The fraction of sp³-hybridized carbons (Fsp3) is 1.00. The minimum absolute atomic E-state index is 0.454. The van der Waals surface area contributed by atoms with Crippen LogP contribution in [0.25, 0.3) is 0 Å². The van der Waals surface area contributed by atoms with E-state index in [0.29, 0.717) is 12.1 Å². The van der Waals surface area contributed by atoms with Gasteiger partial charge in [0.05, 0.1) is 6.10 Å². The second-order valence-corrected chi connectivity index (χ2v) is 4.60. The lowest BCUT2D eigenvalue weighted by molar-refractivity contribution is 0.0426. The average Bonchev–Trinajstić information content (AvgIpc) is 2.19. The van der Waals surface area contributed by atoms with Crippen LogP contribution in [0, 0.1) is 0 Å². The Balaban J connectivity index is 2.19. The van der Waals surface area contributed by atoms with E-state index in [1.165, 1.54) is 31.4 Å². The van der Waals surface area contributed by atoms with Gasteiger partial charge in [0.1, 0.15) is 0 Å². The average molecular weight is 203 g/mol. The smallest absolute Gasteiger partial charge is 0.0724 e. The van der Waals surface area contributed by atoms with Gasteiger partial charge in [-0.05, 0) is 19.1 Å². The van der Waals surface area contributed by atoms with E-state index in [9.17, 15) is 0 Å². The molecule has 3 heteroatoms. The second-order valence-electron chi connectivity index (χ2n) is 3.61. The highest BCUT2D eigenvalue weighted by Crippen LogP contribution is 2.20. The van der Waals surface area contributed by atoms with Gasteiger partial charge in [-0.1, -0.05) is 12.8 Å². The molecule has 78 valence electrons. The number of hydrogen-bond donors (Lipinski definition) is 1. The molecule has 0 spiro atoms. The molecule has 0 aliphatic heterocycles. The zero-order chi connectivity index (χ0) is 9.52. The van der Waals surface area contributed by atoms with Gasteiger partial charge >= 0.3 is 0 Å². The monoisotopic (exact) mass is 203 g/mol. The lowest BCUT2D eigenvalue weighted by Gasteiger charge is -2.31. The number of methoxy groups -OCH3 is 1. The summed E-state index contributed by atoms with van der Waals surface area (Å²) in [5.41, 5.74) is 0. The summed E-state index contributed by atoms with van der Waals surface area (Å²) >= 11 is 1.90. The molecule has 1 saturated carbocycles. The first-order valence-corrected chi connectivity index (χ1v) is 6.53. The Bertz CT molecular complexity index is 132. The first-order chi connectivity index (χ1) is 6.38. The van der Waals surface area contributed by atoms with E-state index >= 15 is 0 Å². The Kier molecular flexibility index (Phi) is 5.83. The molecular formula is C10H21NOS. The van der Waals surface area contributed by atoms with Crippen molar-refractivity contribution in [2.24, 2.45) is 0 Å². The standard InChI is InChI=1S/C10H21NOS/c1-12-10-6-4-3-5-9(10)11-7-8-13-2/h9-11H,3-8H2,1-2H3. The Hall–Kier alpha value is 0.270. The molecule has 1 aliphatic rings. The SMILES string of the molecule is COC1CCCCC1NCCSC. The first kappa shape index (κ1) is 11.3. The molecule has 0 aromatic heterocycles. The molecule has 2 atom stereocenters. The van der Waals surface area contributed by atoms with Gasteiger partial charge in [0.2, 0.25) is 0 Å². The molecule has 2 unspecified atom stereocenters. The van der Waals surface area contributed by atoms with Crippen molar-refractivity contribution in [1.29, 1.82) is 0 Å². The van der Waals surface area contributed by atoms with Gasteiger partial charge in [-0.2, -0.15) is 11.8 Å². The predicted octanol–water partition coefficient (Wildman–Crippen LogP) is 1.90. The molecule has 0 saturated heterocycles. The minimum Gasteiger partial charge on any atom is -0.380 e. The highest BCUT2D eigenvalue weighted by molar-refractivity contribution is 7.98. The Morgan fingerprint density at radius 1 is 1.38 bits per heavy atom. The number of nitrogens with one attached hydrogen (secondary N) is 1. The summed E-state index contributed by atoms with van der Waals surface area (Å²) in [5, 5.41) is 3.58. The summed E-state index contributed by atoms with van der Waals surface area (Å²) in [7, 11) is 1.83. The van der Waals surface area contributed by atoms with Crippen LogP contribution in [0.5, 0.6) is 0 Å². The van der Waals surface area contributed by atoms with Crippen molar-refractivity contribution in [3.05, 3.63) is 0 Å². The third-order valence-electron chi connectivity index (χ3n) is 2.72. The molecule has 0 aromatic rings. The van der Waals surface area contributed by atoms with Crippen molar-refractivity contribution in [2.45, 2.75) is 37.8 Å². The number of ether oxygens (including phenoxy) is 1. The molecule has 1 aliphatic carbocycles. The summed E-state index contributed by atoms with van der Waals surface area (Å²) in [6.45, 7) is 1.12. The Labute approximate surface area is 85.8 Å². The summed E-state index contributed by atoms with van der Waals surface area (Å²) in [5.74, 6) is 1.20. The maximum atomic E-state index is 5.47. The predicted molar refractivity (Wildman–Crippen MR) is 59.4 cm³/mol. The molecular weight excluding hydrogens is 182 g/mol. The molecule has 0 amide bonds. The molecule has 0 bridgehead atoms. The molecule has 1 N–H and O–H groups in total. The summed E-state index contributed by atoms with van der Waals surface area (Å²) in [6.07, 6.45) is 7.81. The quantitative estimate of drug-likeness (QED) is 0.690. The second kappa shape index (κ2) is 6.68. The van der Waals surface area contributed by atoms with Crippen molar-refractivity contribution in [1.82, 2.24) is 5.32 Å². The number of thioether (sulfide) groups is 1. The van der Waals surface area contributed by atoms with Crippen LogP contribution in [-0.2, 0) is 4.74 Å². The van der Waals surface area contributed by atoms with Crippen molar-refractivity contribution in [3.8, 4) is 0 Å². The fourth-order valence-electron chi connectivity index (χ4n) is 1.96. The van der Waals surface area contributed by atoms with E-state index in [1.807, 2.05) is 18.9 Å². The molecule has 13 heavy (non-hydrogen) atoms. The summed E-state index contributed by atoms with van der Waals surface area (Å²) in [6, 6.07) is 0.603.